The monoisotopic (exact) mass is 394 g/mol. The number of amides is 2. The van der Waals surface area contributed by atoms with Crippen LogP contribution in [0.4, 0.5) is 5.69 Å². The number of para-hydroxylation sites is 1. The number of fused-ring (bicyclic) bond motifs is 1. The summed E-state index contributed by atoms with van der Waals surface area (Å²) >= 11 is 1.55. The fourth-order valence-corrected chi connectivity index (χ4v) is 5.24. The molecule has 0 radical (unpaired) electrons. The van der Waals surface area contributed by atoms with Crippen molar-refractivity contribution in [1.82, 2.24) is 4.90 Å². The average molecular weight is 395 g/mol. The van der Waals surface area contributed by atoms with E-state index >= 15 is 0 Å². The van der Waals surface area contributed by atoms with Crippen molar-refractivity contribution >= 4 is 29.3 Å². The molecule has 2 aliphatic rings. The van der Waals surface area contributed by atoms with E-state index in [1.807, 2.05) is 36.2 Å². The summed E-state index contributed by atoms with van der Waals surface area (Å²) in [6, 6.07) is 18.8. The molecule has 28 heavy (non-hydrogen) atoms. The van der Waals surface area contributed by atoms with Crippen molar-refractivity contribution in [2.24, 2.45) is 0 Å². The van der Waals surface area contributed by atoms with Crippen LogP contribution in [0, 0.1) is 0 Å². The zero-order chi connectivity index (χ0) is 19.5. The predicted octanol–water partition coefficient (Wildman–Crippen LogP) is 4.31. The summed E-state index contributed by atoms with van der Waals surface area (Å²) in [5, 5.41) is 0. The number of benzene rings is 2. The summed E-state index contributed by atoms with van der Waals surface area (Å²) in [4.78, 5) is 30.0. The van der Waals surface area contributed by atoms with Crippen LogP contribution in [-0.2, 0) is 9.59 Å². The molecule has 1 saturated carbocycles. The third-order valence-electron chi connectivity index (χ3n) is 6.01. The van der Waals surface area contributed by atoms with Crippen molar-refractivity contribution in [3.05, 3.63) is 60.2 Å². The van der Waals surface area contributed by atoms with Crippen LogP contribution in [0.5, 0.6) is 0 Å². The van der Waals surface area contributed by atoms with Gasteiger partial charge in [0.2, 0.25) is 11.8 Å². The van der Waals surface area contributed by atoms with E-state index in [1.165, 1.54) is 5.56 Å². The van der Waals surface area contributed by atoms with E-state index in [0.29, 0.717) is 11.7 Å². The Bertz CT molecular complexity index is 847. The summed E-state index contributed by atoms with van der Waals surface area (Å²) in [5.41, 5.74) is 2.27. The lowest BCUT2D eigenvalue weighted by atomic mass is 9.81. The number of likely N-dealkylation sites (N-methyl/N-ethyl adjacent to an activating group) is 1. The Hall–Kier alpha value is -2.27. The van der Waals surface area contributed by atoms with Gasteiger partial charge in [-0.2, -0.15) is 0 Å². The first kappa shape index (κ1) is 19.1. The first-order valence-electron chi connectivity index (χ1n) is 9.96. The van der Waals surface area contributed by atoms with Crippen LogP contribution in [0.15, 0.2) is 59.5 Å². The van der Waals surface area contributed by atoms with Crippen molar-refractivity contribution in [2.45, 2.75) is 42.5 Å². The summed E-state index contributed by atoms with van der Waals surface area (Å²) in [6.07, 6.45) is 4.24. The van der Waals surface area contributed by atoms with Gasteiger partial charge < -0.3 is 9.80 Å². The Labute approximate surface area is 170 Å². The summed E-state index contributed by atoms with van der Waals surface area (Å²) < 4.78 is 0. The number of hydrogen-bond acceptors (Lipinski definition) is 3. The maximum Gasteiger partial charge on any atom is 0.242 e. The fourth-order valence-electron chi connectivity index (χ4n) is 4.30. The molecule has 1 aliphatic heterocycles. The molecule has 0 N–H and O–H groups in total. The van der Waals surface area contributed by atoms with E-state index in [4.69, 9.17) is 0 Å². The third kappa shape index (κ3) is 3.95. The largest absolute Gasteiger partial charge is 0.341 e. The van der Waals surface area contributed by atoms with Crippen molar-refractivity contribution in [3.8, 4) is 0 Å². The predicted molar refractivity (Wildman–Crippen MR) is 114 cm³/mol. The van der Waals surface area contributed by atoms with Gasteiger partial charge in [-0.1, -0.05) is 42.5 Å². The van der Waals surface area contributed by atoms with E-state index < -0.39 is 0 Å². The van der Waals surface area contributed by atoms with Crippen molar-refractivity contribution in [2.75, 3.05) is 24.2 Å². The molecule has 5 heteroatoms. The van der Waals surface area contributed by atoms with Crippen LogP contribution in [0.1, 0.15) is 37.2 Å². The van der Waals surface area contributed by atoms with Gasteiger partial charge in [0.25, 0.3) is 0 Å². The molecule has 0 atom stereocenters. The highest BCUT2D eigenvalue weighted by molar-refractivity contribution is 8.00. The zero-order valence-electron chi connectivity index (χ0n) is 16.2. The van der Waals surface area contributed by atoms with Gasteiger partial charge in [0.05, 0.1) is 11.4 Å². The average Bonchev–Trinajstić information content (AvgIpc) is 2.76. The number of carbonyl (C=O) groups is 2. The third-order valence-corrected chi connectivity index (χ3v) is 7.06. The van der Waals surface area contributed by atoms with Gasteiger partial charge in [-0.15, -0.1) is 11.8 Å². The molecule has 2 aromatic carbocycles. The Morgan fingerprint density at radius 2 is 1.71 bits per heavy atom. The van der Waals surface area contributed by atoms with Crippen LogP contribution in [0.3, 0.4) is 0 Å². The molecular weight excluding hydrogens is 368 g/mol. The molecular formula is C23H26N2O2S. The van der Waals surface area contributed by atoms with Crippen LogP contribution >= 0.6 is 11.8 Å². The molecule has 0 bridgehead atoms. The molecule has 1 aliphatic carbocycles. The molecule has 4 rings (SSSR count). The maximum absolute atomic E-state index is 12.9. The smallest absolute Gasteiger partial charge is 0.242 e. The summed E-state index contributed by atoms with van der Waals surface area (Å²) in [6.45, 7) is 0.130. The van der Waals surface area contributed by atoms with Crippen molar-refractivity contribution in [1.29, 1.82) is 0 Å². The Kier molecular flexibility index (Phi) is 5.72. The van der Waals surface area contributed by atoms with Crippen LogP contribution in [0.25, 0.3) is 0 Å². The zero-order valence-corrected chi connectivity index (χ0v) is 17.0. The molecule has 0 aromatic heterocycles. The number of nitrogens with zero attached hydrogens (tertiary/aromatic N) is 2. The van der Waals surface area contributed by atoms with Gasteiger partial charge in [0, 0.05) is 18.0 Å². The minimum absolute atomic E-state index is 0.0123. The van der Waals surface area contributed by atoms with E-state index in [-0.39, 0.29) is 24.4 Å². The molecule has 146 valence electrons. The Morgan fingerprint density at radius 3 is 2.46 bits per heavy atom. The van der Waals surface area contributed by atoms with Crippen molar-refractivity contribution in [3.63, 3.8) is 0 Å². The fraction of sp³-hybridized carbons (Fsp3) is 0.391. The molecule has 0 unspecified atom stereocenters. The lowest BCUT2D eigenvalue weighted by molar-refractivity contribution is -0.132. The standard InChI is InChI=1S/C23H26N2O2S/c1-24(19-13-11-18(12-14-19)17-7-3-2-4-8-17)22(26)15-25-20-9-5-6-10-21(20)28-16-23(25)27/h2-10,18-19H,11-16H2,1H3. The van der Waals surface area contributed by atoms with Crippen molar-refractivity contribution < 1.29 is 9.59 Å². The molecule has 0 saturated heterocycles. The van der Waals surface area contributed by atoms with Gasteiger partial charge in [-0.3, -0.25) is 9.59 Å². The highest BCUT2D eigenvalue weighted by Crippen LogP contribution is 2.36. The number of hydrogen-bond donors (Lipinski definition) is 0. The number of rotatable bonds is 4. The minimum atomic E-state index is 0.0123. The maximum atomic E-state index is 12.9. The van der Waals surface area contributed by atoms with Crippen LogP contribution in [0.2, 0.25) is 0 Å². The second-order valence-corrected chi connectivity index (χ2v) is 8.67. The number of anilines is 1. The molecule has 0 spiro atoms. The van der Waals surface area contributed by atoms with Gasteiger partial charge >= 0.3 is 0 Å². The molecule has 2 aromatic rings. The van der Waals surface area contributed by atoms with Crippen LogP contribution in [-0.4, -0.2) is 42.1 Å². The van der Waals surface area contributed by atoms with Crippen LogP contribution < -0.4 is 4.90 Å². The van der Waals surface area contributed by atoms with E-state index in [9.17, 15) is 9.59 Å². The normalized spacial score (nSPS) is 21.9. The van der Waals surface area contributed by atoms with E-state index in [2.05, 4.69) is 30.3 Å². The molecule has 1 heterocycles. The topological polar surface area (TPSA) is 40.6 Å². The lowest BCUT2D eigenvalue weighted by Gasteiger charge is -2.36. The quantitative estimate of drug-likeness (QED) is 0.776. The van der Waals surface area contributed by atoms with Gasteiger partial charge in [0.1, 0.15) is 6.54 Å². The lowest BCUT2D eigenvalue weighted by Crippen LogP contribution is -2.47. The highest BCUT2D eigenvalue weighted by Gasteiger charge is 2.31. The van der Waals surface area contributed by atoms with Gasteiger partial charge in [-0.05, 0) is 49.3 Å². The minimum Gasteiger partial charge on any atom is -0.341 e. The molecule has 2 amide bonds. The Balaban J connectivity index is 1.37. The van der Waals surface area contributed by atoms with Gasteiger partial charge in [0.15, 0.2) is 0 Å². The highest BCUT2D eigenvalue weighted by atomic mass is 32.2. The molecule has 1 fully saturated rings. The summed E-state index contributed by atoms with van der Waals surface area (Å²) in [7, 11) is 1.89. The van der Waals surface area contributed by atoms with E-state index in [0.717, 1.165) is 36.3 Å². The second-order valence-electron chi connectivity index (χ2n) is 7.66. The Morgan fingerprint density at radius 1 is 1.04 bits per heavy atom. The SMILES string of the molecule is CN(C(=O)CN1C(=O)CSc2ccccc21)C1CCC(c2ccccc2)CC1. The number of thioether (sulfide) groups is 1. The van der Waals surface area contributed by atoms with E-state index in [1.54, 1.807) is 16.7 Å². The van der Waals surface area contributed by atoms with Gasteiger partial charge in [-0.25, -0.2) is 0 Å². The second kappa shape index (κ2) is 8.39. The first-order chi connectivity index (χ1) is 13.6. The summed E-state index contributed by atoms with van der Waals surface area (Å²) in [5.74, 6) is 1.03. The first-order valence-corrected chi connectivity index (χ1v) is 10.9. The molecule has 4 nitrogen and oxygen atoms in total. The number of carbonyl (C=O) groups excluding carboxylic acids is 2.